The van der Waals surface area contributed by atoms with Crippen molar-refractivity contribution in [2.75, 3.05) is 36.5 Å². The molecule has 0 unspecified atom stereocenters. The van der Waals surface area contributed by atoms with Gasteiger partial charge in [0, 0.05) is 24.5 Å². The molecule has 0 saturated carbocycles. The van der Waals surface area contributed by atoms with Crippen molar-refractivity contribution in [1.82, 2.24) is 10.3 Å². The molecule has 108 valence electrons. The summed E-state index contributed by atoms with van der Waals surface area (Å²) in [5.41, 5.74) is 1.16. The molecule has 1 aliphatic heterocycles. The highest BCUT2D eigenvalue weighted by Gasteiger charge is 2.24. The van der Waals surface area contributed by atoms with Crippen molar-refractivity contribution in [3.8, 4) is 0 Å². The molecule has 1 saturated heterocycles. The fourth-order valence-electron chi connectivity index (χ4n) is 2.14. The molecule has 1 aliphatic rings. The monoisotopic (exact) mass is 303 g/mol. The Morgan fingerprint density at radius 2 is 2.05 bits per heavy atom. The first-order valence-electron chi connectivity index (χ1n) is 6.64. The largest absolute Gasteiger partial charge is 0.346 e. The maximum atomic E-state index is 11.5. The van der Waals surface area contributed by atoms with Crippen molar-refractivity contribution in [2.24, 2.45) is 0 Å². The normalized spacial score (nSPS) is 18.7. The number of hydrogen-bond donors (Lipinski definition) is 1. The smallest absolute Gasteiger partial charge is 0.185 e. The Labute approximate surface area is 119 Å². The predicted octanol–water partition coefficient (Wildman–Crippen LogP) is 1.05. The van der Waals surface area contributed by atoms with Crippen molar-refractivity contribution < 1.29 is 8.42 Å². The molecule has 19 heavy (non-hydrogen) atoms. The first-order chi connectivity index (χ1) is 9.05. The van der Waals surface area contributed by atoms with E-state index in [4.69, 9.17) is 4.98 Å². The summed E-state index contributed by atoms with van der Waals surface area (Å²) in [5, 5.41) is 4.14. The maximum absolute atomic E-state index is 11.5. The van der Waals surface area contributed by atoms with Crippen LogP contribution in [0, 0.1) is 0 Å². The molecule has 1 aromatic heterocycles. The van der Waals surface area contributed by atoms with E-state index in [1.165, 1.54) is 4.88 Å². The van der Waals surface area contributed by atoms with Gasteiger partial charge in [0.15, 0.2) is 15.0 Å². The van der Waals surface area contributed by atoms with Gasteiger partial charge in [-0.15, -0.1) is 11.3 Å². The highest BCUT2D eigenvalue weighted by molar-refractivity contribution is 7.91. The third kappa shape index (κ3) is 3.67. The molecule has 0 amide bonds. The van der Waals surface area contributed by atoms with Gasteiger partial charge in [-0.25, -0.2) is 13.4 Å². The Bertz CT molecular complexity index is 488. The fourth-order valence-corrected chi connectivity index (χ4v) is 4.51. The first kappa shape index (κ1) is 14.7. The molecule has 0 bridgehead atoms. The number of hydrogen-bond acceptors (Lipinski definition) is 6. The molecular formula is C12H21N3O2S2. The van der Waals surface area contributed by atoms with E-state index in [1.54, 1.807) is 11.3 Å². The summed E-state index contributed by atoms with van der Waals surface area (Å²) in [5.74, 6) is 0.494. The third-order valence-corrected chi connectivity index (χ3v) is 5.97. The average Bonchev–Trinajstić information content (AvgIpc) is 2.73. The van der Waals surface area contributed by atoms with Crippen molar-refractivity contribution in [3.63, 3.8) is 0 Å². The minimum atomic E-state index is -2.82. The lowest BCUT2D eigenvalue weighted by atomic mass is 10.2. The zero-order chi connectivity index (χ0) is 13.9. The van der Waals surface area contributed by atoms with Gasteiger partial charge in [0.05, 0.1) is 17.2 Å². The van der Waals surface area contributed by atoms with Crippen LogP contribution in [0.25, 0.3) is 0 Å². The minimum absolute atomic E-state index is 0.247. The number of rotatable bonds is 5. The lowest BCUT2D eigenvalue weighted by Crippen LogP contribution is -2.40. The Kier molecular flexibility index (Phi) is 4.81. The highest BCUT2D eigenvalue weighted by atomic mass is 32.2. The van der Waals surface area contributed by atoms with Gasteiger partial charge >= 0.3 is 0 Å². The number of thiazole rings is 1. The third-order valence-electron chi connectivity index (χ3n) is 3.21. The predicted molar refractivity (Wildman–Crippen MR) is 79.7 cm³/mol. The number of nitrogens with one attached hydrogen (secondary N) is 1. The lowest BCUT2D eigenvalue weighted by Gasteiger charge is -2.25. The number of aromatic nitrogens is 1. The van der Waals surface area contributed by atoms with Gasteiger partial charge in [0.1, 0.15) is 0 Å². The zero-order valence-electron chi connectivity index (χ0n) is 11.5. The van der Waals surface area contributed by atoms with Gasteiger partial charge in [0.25, 0.3) is 0 Å². The molecule has 5 nitrogen and oxygen atoms in total. The van der Waals surface area contributed by atoms with Gasteiger partial charge < -0.3 is 10.2 Å². The molecule has 1 aromatic rings. The van der Waals surface area contributed by atoms with Gasteiger partial charge in [-0.3, -0.25) is 0 Å². The second-order valence-corrected chi connectivity index (χ2v) is 8.15. The van der Waals surface area contributed by atoms with E-state index in [-0.39, 0.29) is 11.5 Å². The molecule has 1 fully saturated rings. The van der Waals surface area contributed by atoms with Crippen LogP contribution in [0.5, 0.6) is 0 Å². The summed E-state index contributed by atoms with van der Waals surface area (Å²) in [6.07, 6.45) is 2.06. The Morgan fingerprint density at radius 3 is 2.63 bits per heavy atom. The molecule has 0 aliphatic carbocycles. The summed E-state index contributed by atoms with van der Waals surface area (Å²) < 4.78 is 22.9. The maximum Gasteiger partial charge on any atom is 0.185 e. The zero-order valence-corrected chi connectivity index (χ0v) is 13.1. The number of aryl methyl sites for hydroxylation is 1. The molecule has 2 rings (SSSR count). The average molecular weight is 303 g/mol. The van der Waals surface area contributed by atoms with Gasteiger partial charge in [-0.1, -0.05) is 13.3 Å². The Morgan fingerprint density at radius 1 is 1.37 bits per heavy atom. The fraction of sp³-hybridized carbons (Fsp3) is 0.750. The van der Waals surface area contributed by atoms with E-state index < -0.39 is 9.84 Å². The standard InChI is InChI=1S/C12H21N3O2S2/c1-3-4-10-11(9-13-2)18-12(14-10)15-5-7-19(16,17)8-6-15/h13H,3-9H2,1-2H3. The van der Waals surface area contributed by atoms with Crippen molar-refractivity contribution in [2.45, 2.75) is 26.3 Å². The summed E-state index contributed by atoms with van der Waals surface area (Å²) in [4.78, 5) is 8.07. The highest BCUT2D eigenvalue weighted by Crippen LogP contribution is 2.28. The van der Waals surface area contributed by atoms with Crippen LogP contribution in [0.2, 0.25) is 0 Å². The van der Waals surface area contributed by atoms with E-state index in [2.05, 4.69) is 17.1 Å². The Balaban J connectivity index is 2.14. The molecule has 0 aromatic carbocycles. The van der Waals surface area contributed by atoms with Gasteiger partial charge in [-0.05, 0) is 13.5 Å². The molecular weight excluding hydrogens is 282 g/mol. The SMILES string of the molecule is CCCc1nc(N2CCS(=O)(=O)CC2)sc1CNC. The second kappa shape index (κ2) is 6.19. The topological polar surface area (TPSA) is 62.3 Å². The lowest BCUT2D eigenvalue weighted by molar-refractivity contribution is 0.586. The van der Waals surface area contributed by atoms with E-state index in [9.17, 15) is 8.42 Å². The van der Waals surface area contributed by atoms with Gasteiger partial charge in [0.2, 0.25) is 0 Å². The van der Waals surface area contributed by atoms with Crippen LogP contribution in [0.1, 0.15) is 23.9 Å². The summed E-state index contributed by atoms with van der Waals surface area (Å²) in [7, 11) is -0.891. The summed E-state index contributed by atoms with van der Waals surface area (Å²) >= 11 is 1.69. The van der Waals surface area contributed by atoms with Gasteiger partial charge in [-0.2, -0.15) is 0 Å². The summed E-state index contributed by atoms with van der Waals surface area (Å²) in [6.45, 7) is 4.12. The second-order valence-electron chi connectivity index (χ2n) is 4.79. The number of anilines is 1. The van der Waals surface area contributed by atoms with Crippen LogP contribution >= 0.6 is 11.3 Å². The van der Waals surface area contributed by atoms with Crippen LogP contribution in [0.3, 0.4) is 0 Å². The van der Waals surface area contributed by atoms with E-state index >= 15 is 0 Å². The first-order valence-corrected chi connectivity index (χ1v) is 9.28. The molecule has 2 heterocycles. The van der Waals surface area contributed by atoms with Crippen molar-refractivity contribution in [1.29, 1.82) is 0 Å². The molecule has 0 atom stereocenters. The van der Waals surface area contributed by atoms with Crippen LogP contribution in [-0.4, -0.2) is 45.0 Å². The quantitative estimate of drug-likeness (QED) is 0.881. The summed E-state index contributed by atoms with van der Waals surface area (Å²) in [6, 6.07) is 0. The molecule has 1 N–H and O–H groups in total. The van der Waals surface area contributed by atoms with Crippen LogP contribution < -0.4 is 10.2 Å². The molecule has 0 radical (unpaired) electrons. The molecule has 7 heteroatoms. The van der Waals surface area contributed by atoms with Crippen LogP contribution in [0.15, 0.2) is 0 Å². The number of nitrogens with zero attached hydrogens (tertiary/aromatic N) is 2. The minimum Gasteiger partial charge on any atom is -0.346 e. The van der Waals surface area contributed by atoms with E-state index in [0.717, 1.165) is 30.2 Å². The van der Waals surface area contributed by atoms with E-state index in [0.29, 0.717) is 13.1 Å². The van der Waals surface area contributed by atoms with Crippen molar-refractivity contribution in [3.05, 3.63) is 10.6 Å². The van der Waals surface area contributed by atoms with Crippen molar-refractivity contribution >= 4 is 26.3 Å². The van der Waals surface area contributed by atoms with E-state index in [1.807, 2.05) is 7.05 Å². The Hall–Kier alpha value is -0.660. The molecule has 0 spiro atoms. The van der Waals surface area contributed by atoms with Crippen LogP contribution in [0.4, 0.5) is 5.13 Å². The van der Waals surface area contributed by atoms with Crippen LogP contribution in [-0.2, 0) is 22.8 Å². The number of sulfone groups is 1.